The van der Waals surface area contributed by atoms with Gasteiger partial charge in [0.05, 0.1) is 0 Å². The average molecular weight is 242 g/mol. The average Bonchev–Trinajstić information content (AvgIpc) is 2.09. The van der Waals surface area contributed by atoms with Crippen molar-refractivity contribution in [3.8, 4) is 0 Å². The van der Waals surface area contributed by atoms with Crippen LogP contribution in [0, 0.1) is 0 Å². The molecule has 0 aliphatic carbocycles. The van der Waals surface area contributed by atoms with E-state index in [1.807, 2.05) is 0 Å². The number of ketones is 1. The van der Waals surface area contributed by atoms with Gasteiger partial charge >= 0.3 is 6.09 Å². The summed E-state index contributed by atoms with van der Waals surface area (Å²) in [5, 5.41) is 5.83. The van der Waals surface area contributed by atoms with E-state index >= 15 is 0 Å². The molecular formula is C10H18N4O3. The summed E-state index contributed by atoms with van der Waals surface area (Å²) in [6, 6.07) is -0.529. The van der Waals surface area contributed by atoms with Gasteiger partial charge in [-0.15, -0.1) is 0 Å². The van der Waals surface area contributed by atoms with E-state index in [1.54, 1.807) is 20.8 Å². The fourth-order valence-corrected chi connectivity index (χ4v) is 1.12. The van der Waals surface area contributed by atoms with Gasteiger partial charge in [0.1, 0.15) is 11.4 Å². The van der Waals surface area contributed by atoms with Gasteiger partial charge in [-0.2, -0.15) is 0 Å². The molecule has 0 bridgehead atoms. The molecule has 0 saturated carbocycles. The third-order valence-corrected chi connectivity index (χ3v) is 1.62. The summed E-state index contributed by atoms with van der Waals surface area (Å²) in [4.78, 5) is 25.0. The van der Waals surface area contributed by atoms with Crippen LogP contribution in [-0.2, 0) is 9.53 Å². The highest BCUT2D eigenvalue weighted by Gasteiger charge is 2.19. The molecule has 0 aliphatic rings. The van der Waals surface area contributed by atoms with E-state index < -0.39 is 17.7 Å². The quantitative estimate of drug-likeness (QED) is 0.453. The van der Waals surface area contributed by atoms with Crippen molar-refractivity contribution in [2.45, 2.75) is 45.8 Å². The molecule has 7 heteroatoms. The Morgan fingerprint density at radius 2 is 2.06 bits per heavy atom. The zero-order valence-corrected chi connectivity index (χ0v) is 10.6. The SMILES string of the molecule is CC(=O)C[C@@H](CN=[N+]=[N-])NC(=O)OC(C)(C)C. The van der Waals surface area contributed by atoms with Gasteiger partial charge < -0.3 is 10.1 Å². The Kier molecular flexibility index (Phi) is 6.06. The van der Waals surface area contributed by atoms with E-state index in [9.17, 15) is 9.59 Å². The molecule has 0 unspecified atom stereocenters. The van der Waals surface area contributed by atoms with Crippen molar-refractivity contribution in [2.75, 3.05) is 6.54 Å². The van der Waals surface area contributed by atoms with Gasteiger partial charge in [0, 0.05) is 23.9 Å². The van der Waals surface area contributed by atoms with Gasteiger partial charge in [0.25, 0.3) is 0 Å². The van der Waals surface area contributed by atoms with E-state index in [2.05, 4.69) is 15.3 Å². The smallest absolute Gasteiger partial charge is 0.407 e. The number of carbonyl (C=O) groups is 2. The summed E-state index contributed by atoms with van der Waals surface area (Å²) >= 11 is 0. The van der Waals surface area contributed by atoms with Crippen LogP contribution in [0.2, 0.25) is 0 Å². The minimum Gasteiger partial charge on any atom is -0.444 e. The highest BCUT2D eigenvalue weighted by molar-refractivity contribution is 5.77. The third kappa shape index (κ3) is 9.19. The second-order valence-corrected chi connectivity index (χ2v) is 4.66. The second-order valence-electron chi connectivity index (χ2n) is 4.66. The monoisotopic (exact) mass is 242 g/mol. The molecule has 0 heterocycles. The van der Waals surface area contributed by atoms with Crippen molar-refractivity contribution in [2.24, 2.45) is 5.11 Å². The highest BCUT2D eigenvalue weighted by Crippen LogP contribution is 2.07. The van der Waals surface area contributed by atoms with Gasteiger partial charge in [0.2, 0.25) is 0 Å². The molecular weight excluding hydrogens is 224 g/mol. The fourth-order valence-electron chi connectivity index (χ4n) is 1.12. The molecule has 1 atom stereocenters. The van der Waals surface area contributed by atoms with Gasteiger partial charge in [-0.25, -0.2) is 4.79 Å². The predicted octanol–water partition coefficient (Wildman–Crippen LogP) is 2.17. The first kappa shape index (κ1) is 15.2. The number of hydrogen-bond donors (Lipinski definition) is 1. The van der Waals surface area contributed by atoms with Crippen molar-refractivity contribution in [3.05, 3.63) is 10.4 Å². The Hall–Kier alpha value is -1.75. The number of amides is 1. The molecule has 0 fully saturated rings. The summed E-state index contributed by atoms with van der Waals surface area (Å²) in [5.74, 6) is -0.0980. The van der Waals surface area contributed by atoms with Crippen molar-refractivity contribution < 1.29 is 14.3 Å². The first-order chi connectivity index (χ1) is 7.74. The lowest BCUT2D eigenvalue weighted by molar-refractivity contribution is -0.117. The lowest BCUT2D eigenvalue weighted by Gasteiger charge is -2.22. The third-order valence-electron chi connectivity index (χ3n) is 1.62. The maximum Gasteiger partial charge on any atom is 0.407 e. The summed E-state index contributed by atoms with van der Waals surface area (Å²) in [6.07, 6.45) is -0.518. The number of hydrogen-bond acceptors (Lipinski definition) is 4. The number of nitrogens with zero attached hydrogens (tertiary/aromatic N) is 3. The Morgan fingerprint density at radius 3 is 2.47 bits per heavy atom. The number of Topliss-reactive ketones (excluding diaryl/α,β-unsaturated/α-hetero) is 1. The van der Waals surface area contributed by atoms with Crippen LogP contribution >= 0.6 is 0 Å². The summed E-state index contributed by atoms with van der Waals surface area (Å²) in [5.41, 5.74) is 7.59. The Balaban J connectivity index is 4.36. The second kappa shape index (κ2) is 6.75. The fraction of sp³-hybridized carbons (Fsp3) is 0.800. The van der Waals surface area contributed by atoms with Crippen LogP contribution < -0.4 is 5.32 Å². The van der Waals surface area contributed by atoms with E-state index in [4.69, 9.17) is 10.3 Å². The molecule has 0 rings (SSSR count). The van der Waals surface area contributed by atoms with Crippen molar-refractivity contribution in [3.63, 3.8) is 0 Å². The molecule has 1 N–H and O–H groups in total. The molecule has 0 saturated heterocycles. The van der Waals surface area contributed by atoms with Gasteiger partial charge in [-0.1, -0.05) is 5.11 Å². The Morgan fingerprint density at radius 1 is 1.47 bits per heavy atom. The predicted molar refractivity (Wildman–Crippen MR) is 62.5 cm³/mol. The minimum absolute atomic E-state index is 0.0231. The first-order valence-electron chi connectivity index (χ1n) is 5.24. The summed E-state index contributed by atoms with van der Waals surface area (Å²) < 4.78 is 5.03. The maximum atomic E-state index is 11.4. The van der Waals surface area contributed by atoms with E-state index in [-0.39, 0.29) is 18.7 Å². The summed E-state index contributed by atoms with van der Waals surface area (Å²) in [7, 11) is 0. The largest absolute Gasteiger partial charge is 0.444 e. The van der Waals surface area contributed by atoms with Crippen LogP contribution in [0.3, 0.4) is 0 Å². The van der Waals surface area contributed by atoms with E-state index in [0.717, 1.165) is 0 Å². The van der Waals surface area contributed by atoms with Crippen LogP contribution in [0.4, 0.5) is 4.79 Å². The number of azide groups is 1. The molecule has 1 amide bonds. The Labute approximate surface area is 100 Å². The molecule has 0 aromatic carbocycles. The van der Waals surface area contributed by atoms with Crippen molar-refractivity contribution in [1.82, 2.24) is 5.32 Å². The highest BCUT2D eigenvalue weighted by atomic mass is 16.6. The van der Waals surface area contributed by atoms with Crippen molar-refractivity contribution in [1.29, 1.82) is 0 Å². The van der Waals surface area contributed by atoms with Crippen LogP contribution in [-0.4, -0.2) is 30.1 Å². The molecule has 96 valence electrons. The molecule has 0 spiro atoms. The van der Waals surface area contributed by atoms with Crippen LogP contribution in [0.5, 0.6) is 0 Å². The van der Waals surface area contributed by atoms with Gasteiger partial charge in [-0.05, 0) is 33.2 Å². The first-order valence-corrected chi connectivity index (χ1v) is 5.24. The topological polar surface area (TPSA) is 104 Å². The van der Waals surface area contributed by atoms with E-state index in [1.165, 1.54) is 6.92 Å². The van der Waals surface area contributed by atoms with E-state index in [0.29, 0.717) is 0 Å². The normalized spacial score (nSPS) is 12.2. The van der Waals surface area contributed by atoms with Crippen LogP contribution in [0.1, 0.15) is 34.1 Å². The van der Waals surface area contributed by atoms with Crippen LogP contribution in [0.15, 0.2) is 5.11 Å². The van der Waals surface area contributed by atoms with Crippen LogP contribution in [0.25, 0.3) is 10.4 Å². The molecule has 0 aliphatic heterocycles. The van der Waals surface area contributed by atoms with Gasteiger partial charge in [-0.3, -0.25) is 4.79 Å². The van der Waals surface area contributed by atoms with Gasteiger partial charge in [0.15, 0.2) is 0 Å². The number of nitrogens with one attached hydrogen (secondary N) is 1. The Bertz CT molecular complexity index is 325. The molecule has 0 aromatic heterocycles. The number of rotatable bonds is 5. The lowest BCUT2D eigenvalue weighted by Crippen LogP contribution is -2.41. The standard InChI is InChI=1S/C10H18N4O3/c1-7(15)5-8(6-12-14-11)13-9(16)17-10(2,3)4/h8H,5-6H2,1-4H3,(H,13,16)/t8-/m0/s1. The molecule has 7 nitrogen and oxygen atoms in total. The number of ether oxygens (including phenoxy) is 1. The number of carbonyl (C=O) groups excluding carboxylic acids is 2. The maximum absolute atomic E-state index is 11.4. The molecule has 0 aromatic rings. The lowest BCUT2D eigenvalue weighted by atomic mass is 10.1. The summed E-state index contributed by atoms with van der Waals surface area (Å²) in [6.45, 7) is 6.63. The van der Waals surface area contributed by atoms with Crippen molar-refractivity contribution >= 4 is 11.9 Å². The number of alkyl carbamates (subject to hydrolysis) is 1. The zero-order chi connectivity index (χ0) is 13.5. The molecule has 0 radical (unpaired) electrons. The molecule has 17 heavy (non-hydrogen) atoms. The minimum atomic E-state index is -0.628. The zero-order valence-electron chi connectivity index (χ0n) is 10.6.